The lowest BCUT2D eigenvalue weighted by molar-refractivity contribution is 0.102. The topological polar surface area (TPSA) is 73.9 Å². The molecule has 29 heavy (non-hydrogen) atoms. The zero-order chi connectivity index (χ0) is 21.0. The van der Waals surface area contributed by atoms with Gasteiger partial charge in [0.05, 0.1) is 5.69 Å². The lowest BCUT2D eigenvalue weighted by Gasteiger charge is -2.27. The molecule has 0 fully saturated rings. The number of para-hydroxylation sites is 1. The van der Waals surface area contributed by atoms with Gasteiger partial charge in [-0.1, -0.05) is 26.0 Å². The molecule has 0 saturated heterocycles. The monoisotopic (exact) mass is 391 g/mol. The molecule has 1 amide bonds. The van der Waals surface area contributed by atoms with Gasteiger partial charge >= 0.3 is 0 Å². The molecule has 0 atom stereocenters. The maximum Gasteiger partial charge on any atom is 0.255 e. The molecule has 3 rings (SSSR count). The normalized spacial score (nSPS) is 11.1. The summed E-state index contributed by atoms with van der Waals surface area (Å²) < 4.78 is 0. The lowest BCUT2D eigenvalue weighted by atomic mass is 10.1. The van der Waals surface area contributed by atoms with Crippen molar-refractivity contribution in [3.8, 4) is 11.4 Å². The number of nitrogens with zero attached hydrogens (tertiary/aromatic N) is 3. The van der Waals surface area contributed by atoms with Crippen LogP contribution < -0.4 is 10.2 Å². The minimum absolute atomic E-state index is 0.156. The molecule has 6 heteroatoms. The highest BCUT2D eigenvalue weighted by Gasteiger charge is 2.15. The number of hydrogen-bond donors (Lipinski definition) is 2. The van der Waals surface area contributed by atoms with Gasteiger partial charge in [0.1, 0.15) is 5.82 Å². The zero-order valence-electron chi connectivity index (χ0n) is 17.7. The van der Waals surface area contributed by atoms with E-state index >= 15 is 0 Å². The number of benzene rings is 2. The smallest absolute Gasteiger partial charge is 0.255 e. The Balaban J connectivity index is 1.81. The van der Waals surface area contributed by atoms with Gasteiger partial charge in [-0.2, -0.15) is 5.10 Å². The van der Waals surface area contributed by atoms with Crippen LogP contribution in [0.1, 0.15) is 56.7 Å². The van der Waals surface area contributed by atoms with E-state index in [1.165, 1.54) is 0 Å². The Kier molecular flexibility index (Phi) is 6.32. The van der Waals surface area contributed by atoms with Gasteiger partial charge in [0, 0.05) is 35.3 Å². The molecule has 0 aliphatic heterocycles. The third-order valence-electron chi connectivity index (χ3n) is 4.89. The molecule has 0 aliphatic rings. The highest BCUT2D eigenvalue weighted by atomic mass is 16.1. The number of carbonyl (C=O) groups is 1. The van der Waals surface area contributed by atoms with E-state index in [0.29, 0.717) is 23.1 Å². The van der Waals surface area contributed by atoms with Gasteiger partial charge in [-0.3, -0.25) is 9.89 Å². The van der Waals surface area contributed by atoms with Gasteiger partial charge in [0.15, 0.2) is 5.82 Å². The molecule has 3 aromatic rings. The Bertz CT molecular complexity index is 959. The number of rotatable bonds is 7. The van der Waals surface area contributed by atoms with Crippen LogP contribution in [0.25, 0.3) is 11.4 Å². The molecule has 1 aromatic heterocycles. The van der Waals surface area contributed by atoms with E-state index < -0.39 is 0 Å². The van der Waals surface area contributed by atoms with E-state index in [1.807, 2.05) is 48.5 Å². The molecular weight excluding hydrogens is 362 g/mol. The highest BCUT2D eigenvalue weighted by Crippen LogP contribution is 2.26. The van der Waals surface area contributed by atoms with E-state index in [9.17, 15) is 4.79 Å². The van der Waals surface area contributed by atoms with Crippen LogP contribution in [0.5, 0.6) is 0 Å². The van der Waals surface area contributed by atoms with E-state index in [-0.39, 0.29) is 11.8 Å². The SMILES string of the molecule is CCN(c1ccc(C(=O)Nc2ccccc2-c2n[nH]c(C(C)C)n2)cc1)C(C)C. The predicted octanol–water partition coefficient (Wildman–Crippen LogP) is 5.08. The second-order valence-electron chi connectivity index (χ2n) is 7.63. The van der Waals surface area contributed by atoms with Crippen molar-refractivity contribution >= 4 is 17.3 Å². The molecule has 0 bridgehead atoms. The van der Waals surface area contributed by atoms with Gasteiger partial charge in [0.25, 0.3) is 5.91 Å². The summed E-state index contributed by atoms with van der Waals surface area (Å²) in [5, 5.41) is 10.3. The van der Waals surface area contributed by atoms with Crippen LogP contribution in [0, 0.1) is 0 Å². The van der Waals surface area contributed by atoms with Gasteiger partial charge < -0.3 is 10.2 Å². The van der Waals surface area contributed by atoms with Gasteiger partial charge in [-0.15, -0.1) is 0 Å². The molecule has 2 aromatic carbocycles. The molecule has 6 nitrogen and oxygen atoms in total. The number of aromatic nitrogens is 3. The first-order valence-corrected chi connectivity index (χ1v) is 10.1. The van der Waals surface area contributed by atoms with Crippen LogP contribution in [-0.2, 0) is 0 Å². The summed E-state index contributed by atoms with van der Waals surface area (Å²) in [6.45, 7) is 11.5. The molecule has 0 aliphatic carbocycles. The van der Waals surface area contributed by atoms with Gasteiger partial charge in [-0.05, 0) is 57.2 Å². The highest BCUT2D eigenvalue weighted by molar-refractivity contribution is 6.06. The summed E-state index contributed by atoms with van der Waals surface area (Å²) in [7, 11) is 0. The summed E-state index contributed by atoms with van der Waals surface area (Å²) in [5.41, 5.74) is 3.20. The van der Waals surface area contributed by atoms with E-state index in [1.54, 1.807) is 0 Å². The van der Waals surface area contributed by atoms with Crippen molar-refractivity contribution < 1.29 is 4.79 Å². The van der Waals surface area contributed by atoms with Crippen molar-refractivity contribution in [1.82, 2.24) is 15.2 Å². The lowest BCUT2D eigenvalue weighted by Crippen LogP contribution is -2.30. The number of carbonyl (C=O) groups excluding carboxylic acids is 1. The third kappa shape index (κ3) is 4.65. The number of amides is 1. The third-order valence-corrected chi connectivity index (χ3v) is 4.89. The van der Waals surface area contributed by atoms with E-state index in [0.717, 1.165) is 23.6 Å². The molecule has 0 spiro atoms. The number of H-pyrrole nitrogens is 1. The van der Waals surface area contributed by atoms with Gasteiger partial charge in [-0.25, -0.2) is 4.98 Å². The maximum atomic E-state index is 12.8. The van der Waals surface area contributed by atoms with Crippen molar-refractivity contribution in [3.63, 3.8) is 0 Å². The summed E-state index contributed by atoms with van der Waals surface area (Å²) in [6, 6.07) is 15.7. The minimum atomic E-state index is -0.156. The quantitative estimate of drug-likeness (QED) is 0.589. The Morgan fingerprint density at radius 3 is 2.34 bits per heavy atom. The molecule has 0 radical (unpaired) electrons. The summed E-state index contributed by atoms with van der Waals surface area (Å²) >= 11 is 0. The molecular formula is C23H29N5O. The number of aromatic amines is 1. The Morgan fingerprint density at radius 1 is 1.07 bits per heavy atom. The number of anilines is 2. The van der Waals surface area contributed by atoms with Crippen molar-refractivity contribution in [3.05, 3.63) is 59.9 Å². The van der Waals surface area contributed by atoms with Crippen molar-refractivity contribution in [2.75, 3.05) is 16.8 Å². The molecule has 152 valence electrons. The summed E-state index contributed by atoms with van der Waals surface area (Å²) in [5.74, 6) is 1.50. The Hall–Kier alpha value is -3.15. The average Bonchev–Trinajstić information content (AvgIpc) is 3.19. The van der Waals surface area contributed by atoms with Gasteiger partial charge in [0.2, 0.25) is 0 Å². The standard InChI is InChI=1S/C23H29N5O/c1-6-28(16(4)5)18-13-11-17(12-14-18)23(29)24-20-10-8-7-9-19(20)22-25-21(15(2)3)26-27-22/h7-16H,6H2,1-5H3,(H,24,29)(H,25,26,27). The van der Waals surface area contributed by atoms with Crippen LogP contribution in [0.15, 0.2) is 48.5 Å². The fourth-order valence-corrected chi connectivity index (χ4v) is 3.28. The van der Waals surface area contributed by atoms with Crippen molar-refractivity contribution in [2.24, 2.45) is 0 Å². The zero-order valence-corrected chi connectivity index (χ0v) is 17.7. The van der Waals surface area contributed by atoms with E-state index in [4.69, 9.17) is 0 Å². The van der Waals surface area contributed by atoms with Crippen LogP contribution in [0.3, 0.4) is 0 Å². The molecule has 0 unspecified atom stereocenters. The minimum Gasteiger partial charge on any atom is -0.369 e. The van der Waals surface area contributed by atoms with Crippen molar-refractivity contribution in [1.29, 1.82) is 0 Å². The van der Waals surface area contributed by atoms with Crippen LogP contribution in [0.4, 0.5) is 11.4 Å². The van der Waals surface area contributed by atoms with Crippen LogP contribution >= 0.6 is 0 Å². The first-order valence-electron chi connectivity index (χ1n) is 10.1. The van der Waals surface area contributed by atoms with E-state index in [2.05, 4.69) is 60.0 Å². The molecule has 1 heterocycles. The molecule has 2 N–H and O–H groups in total. The first-order chi connectivity index (χ1) is 13.9. The van der Waals surface area contributed by atoms with Crippen LogP contribution in [0.2, 0.25) is 0 Å². The maximum absolute atomic E-state index is 12.8. The second kappa shape index (κ2) is 8.90. The predicted molar refractivity (Wildman–Crippen MR) is 118 cm³/mol. The van der Waals surface area contributed by atoms with Crippen molar-refractivity contribution in [2.45, 2.75) is 46.6 Å². The first kappa shape index (κ1) is 20.6. The number of nitrogens with one attached hydrogen (secondary N) is 2. The summed E-state index contributed by atoms with van der Waals surface area (Å²) in [6.07, 6.45) is 0. The second-order valence-corrected chi connectivity index (χ2v) is 7.63. The summed E-state index contributed by atoms with van der Waals surface area (Å²) in [4.78, 5) is 19.7. The Morgan fingerprint density at radius 2 is 1.76 bits per heavy atom. The largest absolute Gasteiger partial charge is 0.369 e. The molecule has 0 saturated carbocycles. The fourth-order valence-electron chi connectivity index (χ4n) is 3.28. The fraction of sp³-hybridized carbons (Fsp3) is 0.348. The van der Waals surface area contributed by atoms with Crippen LogP contribution in [-0.4, -0.2) is 33.7 Å². The Labute approximate surface area is 172 Å². The average molecular weight is 392 g/mol. The number of hydrogen-bond acceptors (Lipinski definition) is 4.